The molecule has 94 valence electrons. The van der Waals surface area contributed by atoms with Gasteiger partial charge in [0.15, 0.2) is 0 Å². The second-order valence-electron chi connectivity index (χ2n) is 4.68. The van der Waals surface area contributed by atoms with E-state index in [9.17, 15) is 4.79 Å². The van der Waals surface area contributed by atoms with Gasteiger partial charge in [0, 0.05) is 19.2 Å². The number of likely N-dealkylation sites (N-methyl/N-ethyl adjacent to an activating group) is 1. The van der Waals surface area contributed by atoms with Crippen molar-refractivity contribution in [1.82, 2.24) is 10.2 Å². The molecule has 1 saturated heterocycles. The highest BCUT2D eigenvalue weighted by molar-refractivity contribution is 5.81. The van der Waals surface area contributed by atoms with E-state index in [1.807, 2.05) is 13.1 Å². The molecule has 1 unspecified atom stereocenters. The van der Waals surface area contributed by atoms with E-state index in [0.717, 1.165) is 24.9 Å². The molecule has 4 heteroatoms. The van der Waals surface area contributed by atoms with Crippen molar-refractivity contribution in [1.29, 1.82) is 0 Å². The van der Waals surface area contributed by atoms with Gasteiger partial charge in [-0.1, -0.05) is 12.8 Å². The van der Waals surface area contributed by atoms with E-state index in [1.165, 1.54) is 12.8 Å². The van der Waals surface area contributed by atoms with Crippen LogP contribution in [0.2, 0.25) is 0 Å². The van der Waals surface area contributed by atoms with Crippen LogP contribution in [0.4, 0.5) is 0 Å². The molecule has 2 rings (SSSR count). The third kappa shape index (κ3) is 3.33. The smallest absolute Gasteiger partial charge is 0.239 e. The molecule has 1 N–H and O–H groups in total. The lowest BCUT2D eigenvalue weighted by molar-refractivity contribution is -0.132. The molecule has 4 nitrogen and oxygen atoms in total. The van der Waals surface area contributed by atoms with Crippen LogP contribution in [0.3, 0.4) is 0 Å². The van der Waals surface area contributed by atoms with E-state index in [-0.39, 0.29) is 11.9 Å². The molecule has 0 bridgehead atoms. The Hall–Kier alpha value is -1.29. The highest BCUT2D eigenvalue weighted by Gasteiger charge is 2.22. The lowest BCUT2D eigenvalue weighted by Crippen LogP contribution is -2.44. The van der Waals surface area contributed by atoms with Crippen molar-refractivity contribution in [2.24, 2.45) is 0 Å². The van der Waals surface area contributed by atoms with E-state index >= 15 is 0 Å². The van der Waals surface area contributed by atoms with Crippen molar-refractivity contribution in [3.63, 3.8) is 0 Å². The van der Waals surface area contributed by atoms with Gasteiger partial charge in [-0.2, -0.15) is 0 Å². The zero-order chi connectivity index (χ0) is 12.1. The Morgan fingerprint density at radius 2 is 2.41 bits per heavy atom. The number of hydrogen-bond acceptors (Lipinski definition) is 3. The molecule has 0 saturated carbocycles. The Morgan fingerprint density at radius 3 is 3.18 bits per heavy atom. The van der Waals surface area contributed by atoms with Crippen LogP contribution in [0, 0.1) is 0 Å². The molecule has 1 aliphatic rings. The fraction of sp³-hybridized carbons (Fsp3) is 0.615. The highest BCUT2D eigenvalue weighted by atomic mass is 16.3. The number of nitrogens with one attached hydrogen (secondary N) is 1. The van der Waals surface area contributed by atoms with Crippen LogP contribution in [-0.2, 0) is 11.3 Å². The first-order valence-corrected chi connectivity index (χ1v) is 6.27. The standard InChI is InChI=1S/C13H20N2O2/c1-15(9-11-6-8-17-10-11)13(16)12-5-3-2-4-7-14-12/h6,8,10,12,14H,2-5,7,9H2,1H3. The third-order valence-electron chi connectivity index (χ3n) is 3.23. The number of hydrogen-bond donors (Lipinski definition) is 1. The van der Waals surface area contributed by atoms with Crippen molar-refractivity contribution in [2.75, 3.05) is 13.6 Å². The maximum Gasteiger partial charge on any atom is 0.239 e. The van der Waals surface area contributed by atoms with E-state index in [0.29, 0.717) is 6.54 Å². The van der Waals surface area contributed by atoms with Crippen LogP contribution < -0.4 is 5.32 Å². The molecule has 0 aromatic carbocycles. The summed E-state index contributed by atoms with van der Waals surface area (Å²) < 4.78 is 5.01. The summed E-state index contributed by atoms with van der Waals surface area (Å²) in [5.41, 5.74) is 1.04. The van der Waals surface area contributed by atoms with Crippen LogP contribution in [0.1, 0.15) is 31.2 Å². The molecule has 2 heterocycles. The predicted octanol–water partition coefficient (Wildman–Crippen LogP) is 1.77. The number of rotatable bonds is 3. The summed E-state index contributed by atoms with van der Waals surface area (Å²) in [4.78, 5) is 14.0. The Kier molecular flexibility index (Phi) is 4.20. The van der Waals surface area contributed by atoms with Gasteiger partial charge in [0.25, 0.3) is 0 Å². The Balaban J connectivity index is 1.89. The summed E-state index contributed by atoms with van der Waals surface area (Å²) in [6.45, 7) is 1.57. The summed E-state index contributed by atoms with van der Waals surface area (Å²) >= 11 is 0. The fourth-order valence-corrected chi connectivity index (χ4v) is 2.24. The van der Waals surface area contributed by atoms with Crippen LogP contribution in [0.25, 0.3) is 0 Å². The van der Waals surface area contributed by atoms with Gasteiger partial charge in [-0.05, 0) is 25.5 Å². The fourth-order valence-electron chi connectivity index (χ4n) is 2.24. The SMILES string of the molecule is CN(Cc1ccoc1)C(=O)C1CCCCCN1. The van der Waals surface area contributed by atoms with Gasteiger partial charge in [-0.15, -0.1) is 0 Å². The normalized spacial score (nSPS) is 20.9. The topological polar surface area (TPSA) is 45.5 Å². The molecule has 1 aromatic heterocycles. The summed E-state index contributed by atoms with van der Waals surface area (Å²) in [7, 11) is 1.85. The lowest BCUT2D eigenvalue weighted by Gasteiger charge is -2.23. The molecule has 17 heavy (non-hydrogen) atoms. The number of carbonyl (C=O) groups excluding carboxylic acids is 1. The molecule has 0 spiro atoms. The third-order valence-corrected chi connectivity index (χ3v) is 3.23. The number of amides is 1. The molecule has 1 amide bonds. The maximum atomic E-state index is 12.2. The van der Waals surface area contributed by atoms with E-state index < -0.39 is 0 Å². The van der Waals surface area contributed by atoms with Gasteiger partial charge < -0.3 is 14.6 Å². The van der Waals surface area contributed by atoms with E-state index in [1.54, 1.807) is 17.4 Å². The first-order chi connectivity index (χ1) is 8.27. The number of nitrogens with zero attached hydrogens (tertiary/aromatic N) is 1. The van der Waals surface area contributed by atoms with Crippen molar-refractivity contribution in [3.05, 3.63) is 24.2 Å². The van der Waals surface area contributed by atoms with Gasteiger partial charge in [-0.3, -0.25) is 4.79 Å². The van der Waals surface area contributed by atoms with Gasteiger partial charge in [-0.25, -0.2) is 0 Å². The average Bonchev–Trinajstić information content (AvgIpc) is 2.68. The Morgan fingerprint density at radius 1 is 1.53 bits per heavy atom. The summed E-state index contributed by atoms with van der Waals surface area (Å²) in [6, 6.07) is 1.89. The van der Waals surface area contributed by atoms with Crippen LogP contribution >= 0.6 is 0 Å². The Bertz CT molecular complexity index is 340. The molecular formula is C13H20N2O2. The van der Waals surface area contributed by atoms with Gasteiger partial charge >= 0.3 is 0 Å². The molecule has 1 aromatic rings. The van der Waals surface area contributed by atoms with Crippen molar-refractivity contribution in [2.45, 2.75) is 38.3 Å². The largest absolute Gasteiger partial charge is 0.472 e. The van der Waals surface area contributed by atoms with Gasteiger partial charge in [0.1, 0.15) is 0 Å². The zero-order valence-corrected chi connectivity index (χ0v) is 10.3. The van der Waals surface area contributed by atoms with Crippen LogP contribution in [0.15, 0.2) is 23.0 Å². The van der Waals surface area contributed by atoms with Crippen LogP contribution in [-0.4, -0.2) is 30.4 Å². The van der Waals surface area contributed by atoms with Gasteiger partial charge in [0.2, 0.25) is 5.91 Å². The quantitative estimate of drug-likeness (QED) is 0.870. The predicted molar refractivity (Wildman–Crippen MR) is 65.4 cm³/mol. The minimum atomic E-state index is -0.00518. The van der Waals surface area contributed by atoms with Crippen molar-refractivity contribution in [3.8, 4) is 0 Å². The molecule has 1 atom stereocenters. The molecule has 0 radical (unpaired) electrons. The van der Waals surface area contributed by atoms with Crippen LogP contribution in [0.5, 0.6) is 0 Å². The van der Waals surface area contributed by atoms with Crippen molar-refractivity contribution < 1.29 is 9.21 Å². The number of furan rings is 1. The minimum Gasteiger partial charge on any atom is -0.472 e. The minimum absolute atomic E-state index is 0.00518. The molecule has 1 aliphatic heterocycles. The second-order valence-corrected chi connectivity index (χ2v) is 4.68. The monoisotopic (exact) mass is 236 g/mol. The Labute approximate surface area is 102 Å². The lowest BCUT2D eigenvalue weighted by atomic mass is 10.1. The maximum absolute atomic E-state index is 12.2. The molecule has 0 aliphatic carbocycles. The average molecular weight is 236 g/mol. The first kappa shape index (κ1) is 12.2. The van der Waals surface area contributed by atoms with Gasteiger partial charge in [0.05, 0.1) is 18.6 Å². The summed E-state index contributed by atoms with van der Waals surface area (Å²) in [5, 5.41) is 3.33. The summed E-state index contributed by atoms with van der Waals surface area (Å²) in [6.07, 6.45) is 7.82. The summed E-state index contributed by atoms with van der Waals surface area (Å²) in [5.74, 6) is 0.188. The highest BCUT2D eigenvalue weighted by Crippen LogP contribution is 2.12. The second kappa shape index (κ2) is 5.87. The van der Waals surface area contributed by atoms with Crippen molar-refractivity contribution >= 4 is 5.91 Å². The van der Waals surface area contributed by atoms with E-state index in [4.69, 9.17) is 4.42 Å². The zero-order valence-electron chi connectivity index (χ0n) is 10.3. The van der Waals surface area contributed by atoms with E-state index in [2.05, 4.69) is 5.32 Å². The molecule has 1 fully saturated rings. The number of carbonyl (C=O) groups is 1. The first-order valence-electron chi connectivity index (χ1n) is 6.27. The molecular weight excluding hydrogens is 216 g/mol.